The minimum atomic E-state index is -0.387. The number of nitrogens with zero attached hydrogens (tertiary/aromatic N) is 2. The smallest absolute Gasteiger partial charge is 0.266 e. The van der Waals surface area contributed by atoms with Crippen LogP contribution in [0.25, 0.3) is 0 Å². The van der Waals surface area contributed by atoms with Gasteiger partial charge in [0.2, 0.25) is 12.7 Å². The second kappa shape index (κ2) is 7.54. The number of H-pyrrole nitrogens is 1. The van der Waals surface area contributed by atoms with E-state index in [0.717, 1.165) is 11.1 Å². The molecule has 1 amide bonds. The van der Waals surface area contributed by atoms with Crippen molar-refractivity contribution in [1.82, 2.24) is 9.88 Å². The van der Waals surface area contributed by atoms with E-state index in [-0.39, 0.29) is 23.8 Å². The molecule has 7 nitrogen and oxygen atoms in total. The van der Waals surface area contributed by atoms with Gasteiger partial charge in [0.1, 0.15) is 11.6 Å². The fourth-order valence-electron chi connectivity index (χ4n) is 3.24. The summed E-state index contributed by atoms with van der Waals surface area (Å²) in [4.78, 5) is 28.7. The number of nitrogens with one attached hydrogen (secondary N) is 1. The maximum absolute atomic E-state index is 12.5. The summed E-state index contributed by atoms with van der Waals surface area (Å²) in [7, 11) is 1.75. The first-order chi connectivity index (χ1) is 12.9. The Labute approximate surface area is 157 Å². The minimum absolute atomic E-state index is 0.0174. The number of rotatable bonds is 5. The molecule has 1 aliphatic rings. The van der Waals surface area contributed by atoms with Crippen LogP contribution in [-0.2, 0) is 17.8 Å². The molecule has 0 radical (unpaired) electrons. The first-order valence-electron chi connectivity index (χ1n) is 8.65. The number of hydrogen-bond donors (Lipinski definition) is 1. The summed E-state index contributed by atoms with van der Waals surface area (Å²) >= 11 is 0. The lowest BCUT2D eigenvalue weighted by Gasteiger charge is -2.18. The summed E-state index contributed by atoms with van der Waals surface area (Å²) in [5, 5.41) is 9.15. The number of aryl methyl sites for hydroxylation is 1. The third-order valence-electron chi connectivity index (χ3n) is 4.79. The van der Waals surface area contributed by atoms with Crippen molar-refractivity contribution in [2.75, 3.05) is 13.8 Å². The highest BCUT2D eigenvalue weighted by Gasteiger charge is 2.17. The van der Waals surface area contributed by atoms with Crippen molar-refractivity contribution in [3.05, 3.63) is 56.5 Å². The van der Waals surface area contributed by atoms with Gasteiger partial charge in [-0.3, -0.25) is 9.59 Å². The number of carbonyl (C=O) groups is 1. The van der Waals surface area contributed by atoms with E-state index in [1.54, 1.807) is 25.8 Å². The van der Waals surface area contributed by atoms with Gasteiger partial charge in [0.25, 0.3) is 5.56 Å². The molecule has 1 N–H and O–H groups in total. The number of fused-ring (bicyclic) bond motifs is 1. The van der Waals surface area contributed by atoms with Crippen molar-refractivity contribution >= 4 is 5.91 Å². The van der Waals surface area contributed by atoms with E-state index in [1.807, 2.05) is 24.3 Å². The van der Waals surface area contributed by atoms with Crippen molar-refractivity contribution in [2.45, 2.75) is 33.2 Å². The predicted molar refractivity (Wildman–Crippen MR) is 98.6 cm³/mol. The van der Waals surface area contributed by atoms with Gasteiger partial charge in [-0.05, 0) is 49.1 Å². The second-order valence-corrected chi connectivity index (χ2v) is 6.61. The van der Waals surface area contributed by atoms with E-state index in [0.29, 0.717) is 42.1 Å². The highest BCUT2D eigenvalue weighted by molar-refractivity contribution is 5.76. The molecule has 2 heterocycles. The standard InChI is InChI=1S/C20H21N3O4/c1-12-15(13(2)22-20(25)16(12)9-21)5-7-19(24)23(3)10-14-4-6-17-18(8-14)27-11-26-17/h4,6,8H,5,7,10-11H2,1-3H3,(H,22,25). The molecule has 0 spiro atoms. The van der Waals surface area contributed by atoms with E-state index in [1.165, 1.54) is 0 Å². The average Bonchev–Trinajstić information content (AvgIpc) is 3.09. The summed E-state index contributed by atoms with van der Waals surface area (Å²) in [6.07, 6.45) is 0.757. The number of hydrogen-bond acceptors (Lipinski definition) is 5. The third kappa shape index (κ3) is 3.80. The number of carbonyl (C=O) groups excluding carboxylic acids is 1. The summed E-state index contributed by atoms with van der Waals surface area (Å²) in [5.41, 5.74) is 2.86. The highest BCUT2D eigenvalue weighted by atomic mass is 16.7. The van der Waals surface area contributed by atoms with Crippen LogP contribution >= 0.6 is 0 Å². The van der Waals surface area contributed by atoms with Crippen LogP contribution in [0.5, 0.6) is 11.5 Å². The Hall–Kier alpha value is -3.27. The molecule has 0 aliphatic carbocycles. The van der Waals surface area contributed by atoms with Gasteiger partial charge in [-0.15, -0.1) is 0 Å². The van der Waals surface area contributed by atoms with Crippen LogP contribution in [0.4, 0.5) is 0 Å². The third-order valence-corrected chi connectivity index (χ3v) is 4.79. The minimum Gasteiger partial charge on any atom is -0.454 e. The molecule has 27 heavy (non-hydrogen) atoms. The second-order valence-electron chi connectivity index (χ2n) is 6.61. The Kier molecular flexibility index (Phi) is 5.17. The van der Waals surface area contributed by atoms with Crippen molar-refractivity contribution in [3.63, 3.8) is 0 Å². The van der Waals surface area contributed by atoms with Crippen LogP contribution < -0.4 is 15.0 Å². The number of amides is 1. The molecule has 1 aromatic heterocycles. The monoisotopic (exact) mass is 367 g/mol. The normalized spacial score (nSPS) is 11.9. The summed E-state index contributed by atoms with van der Waals surface area (Å²) < 4.78 is 10.7. The van der Waals surface area contributed by atoms with Crippen LogP contribution in [0, 0.1) is 25.2 Å². The van der Waals surface area contributed by atoms with E-state index < -0.39 is 0 Å². The van der Waals surface area contributed by atoms with Gasteiger partial charge in [-0.1, -0.05) is 6.07 Å². The summed E-state index contributed by atoms with van der Waals surface area (Å²) in [6.45, 7) is 4.21. The summed E-state index contributed by atoms with van der Waals surface area (Å²) in [6, 6.07) is 7.56. The van der Waals surface area contributed by atoms with Crippen molar-refractivity contribution in [2.24, 2.45) is 0 Å². The zero-order valence-corrected chi connectivity index (χ0v) is 15.6. The first-order valence-corrected chi connectivity index (χ1v) is 8.65. The van der Waals surface area contributed by atoms with Crippen LogP contribution in [0.3, 0.4) is 0 Å². The fourth-order valence-corrected chi connectivity index (χ4v) is 3.24. The SMILES string of the molecule is Cc1[nH]c(=O)c(C#N)c(C)c1CCC(=O)N(C)Cc1ccc2c(c1)OCO2. The Morgan fingerprint density at radius 1 is 1.30 bits per heavy atom. The molecule has 1 aromatic carbocycles. The van der Waals surface area contributed by atoms with Crippen molar-refractivity contribution in [1.29, 1.82) is 5.26 Å². The van der Waals surface area contributed by atoms with Gasteiger partial charge in [0, 0.05) is 25.7 Å². The molecule has 0 saturated heterocycles. The first kappa shape index (κ1) is 18.5. The molecule has 0 bridgehead atoms. The fraction of sp³-hybridized carbons (Fsp3) is 0.350. The zero-order chi connectivity index (χ0) is 19.6. The van der Waals surface area contributed by atoms with E-state index in [9.17, 15) is 9.59 Å². The van der Waals surface area contributed by atoms with Gasteiger partial charge in [-0.2, -0.15) is 5.26 Å². The number of aromatic amines is 1. The predicted octanol–water partition coefficient (Wildman–Crippen LogP) is 2.18. The topological polar surface area (TPSA) is 95.4 Å². The van der Waals surface area contributed by atoms with Crippen LogP contribution in [0.15, 0.2) is 23.0 Å². The molecule has 140 valence electrons. The zero-order valence-electron chi connectivity index (χ0n) is 15.6. The maximum atomic E-state index is 12.5. The van der Waals surface area contributed by atoms with E-state index in [4.69, 9.17) is 14.7 Å². The molecule has 0 unspecified atom stereocenters. The number of aromatic nitrogens is 1. The lowest BCUT2D eigenvalue weighted by atomic mass is 9.99. The Bertz CT molecular complexity index is 988. The molecular formula is C20H21N3O4. The molecule has 1 aliphatic heterocycles. The van der Waals surface area contributed by atoms with Gasteiger partial charge in [0.05, 0.1) is 0 Å². The highest BCUT2D eigenvalue weighted by Crippen LogP contribution is 2.32. The Morgan fingerprint density at radius 3 is 2.78 bits per heavy atom. The lowest BCUT2D eigenvalue weighted by Crippen LogP contribution is -2.27. The Morgan fingerprint density at radius 2 is 2.04 bits per heavy atom. The quantitative estimate of drug-likeness (QED) is 0.874. The molecule has 0 atom stereocenters. The number of pyridine rings is 1. The van der Waals surface area contributed by atoms with Gasteiger partial charge in [-0.25, -0.2) is 0 Å². The van der Waals surface area contributed by atoms with Crippen LogP contribution in [-0.4, -0.2) is 29.6 Å². The molecule has 0 fully saturated rings. The molecule has 7 heteroatoms. The average molecular weight is 367 g/mol. The Balaban J connectivity index is 1.66. The molecule has 2 aromatic rings. The molecular weight excluding hydrogens is 346 g/mol. The van der Waals surface area contributed by atoms with Crippen molar-refractivity contribution in [3.8, 4) is 17.6 Å². The van der Waals surface area contributed by atoms with Crippen molar-refractivity contribution < 1.29 is 14.3 Å². The van der Waals surface area contributed by atoms with Crippen LogP contribution in [0.2, 0.25) is 0 Å². The summed E-state index contributed by atoms with van der Waals surface area (Å²) in [5.74, 6) is 1.39. The van der Waals surface area contributed by atoms with Gasteiger partial charge < -0.3 is 19.4 Å². The largest absolute Gasteiger partial charge is 0.454 e. The number of ether oxygens (including phenoxy) is 2. The maximum Gasteiger partial charge on any atom is 0.266 e. The van der Waals surface area contributed by atoms with E-state index in [2.05, 4.69) is 4.98 Å². The van der Waals surface area contributed by atoms with Gasteiger partial charge in [0.15, 0.2) is 11.5 Å². The van der Waals surface area contributed by atoms with Gasteiger partial charge >= 0.3 is 0 Å². The number of benzene rings is 1. The molecule has 3 rings (SSSR count). The molecule has 0 saturated carbocycles. The van der Waals surface area contributed by atoms with E-state index >= 15 is 0 Å². The van der Waals surface area contributed by atoms with Crippen LogP contribution in [0.1, 0.15) is 34.4 Å². The number of nitriles is 1. The lowest BCUT2D eigenvalue weighted by molar-refractivity contribution is -0.130.